The summed E-state index contributed by atoms with van der Waals surface area (Å²) in [5, 5.41) is -0.0462. The van der Waals surface area contributed by atoms with Crippen molar-refractivity contribution in [2.75, 3.05) is 5.73 Å². The lowest BCUT2D eigenvalue weighted by Gasteiger charge is -2.07. The second kappa shape index (κ2) is 4.13. The SMILES string of the molecule is Nc1nc2c(c(=O)n1Cc1ccccc1)=NC(=O)N=2. The molecule has 0 fully saturated rings. The molecule has 1 aliphatic rings. The van der Waals surface area contributed by atoms with Gasteiger partial charge in [-0.3, -0.25) is 9.36 Å². The molecule has 94 valence electrons. The summed E-state index contributed by atoms with van der Waals surface area (Å²) in [7, 11) is 0. The highest BCUT2D eigenvalue weighted by Crippen LogP contribution is 2.02. The smallest absolute Gasteiger partial charge is 0.369 e. The lowest BCUT2D eigenvalue weighted by Crippen LogP contribution is -2.46. The van der Waals surface area contributed by atoms with Gasteiger partial charge in [0.1, 0.15) is 0 Å². The highest BCUT2D eigenvalue weighted by atomic mass is 16.2. The van der Waals surface area contributed by atoms with Crippen molar-refractivity contribution in [2.24, 2.45) is 9.98 Å². The number of anilines is 1. The van der Waals surface area contributed by atoms with E-state index in [4.69, 9.17) is 5.73 Å². The van der Waals surface area contributed by atoms with E-state index < -0.39 is 11.6 Å². The molecule has 0 unspecified atom stereocenters. The molecule has 1 aliphatic heterocycles. The number of benzene rings is 1. The van der Waals surface area contributed by atoms with Crippen molar-refractivity contribution in [2.45, 2.75) is 6.54 Å². The molecule has 2 heterocycles. The van der Waals surface area contributed by atoms with Gasteiger partial charge in [0.2, 0.25) is 5.95 Å². The van der Waals surface area contributed by atoms with Crippen molar-refractivity contribution >= 4 is 12.0 Å². The summed E-state index contributed by atoms with van der Waals surface area (Å²) in [5.74, 6) is 0.0150. The van der Waals surface area contributed by atoms with Crippen LogP contribution in [0, 0.1) is 0 Å². The Morgan fingerprint density at radius 3 is 2.58 bits per heavy atom. The molecule has 2 aromatic rings. The quantitative estimate of drug-likeness (QED) is 0.762. The van der Waals surface area contributed by atoms with Crippen LogP contribution in [-0.4, -0.2) is 15.6 Å². The first-order valence-corrected chi connectivity index (χ1v) is 5.57. The molecule has 0 saturated carbocycles. The number of rotatable bonds is 2. The van der Waals surface area contributed by atoms with Crippen LogP contribution in [0.1, 0.15) is 5.56 Å². The molecule has 0 saturated heterocycles. The number of nitrogens with two attached hydrogens (primary N) is 1. The average Bonchev–Trinajstić information content (AvgIpc) is 2.76. The van der Waals surface area contributed by atoms with Gasteiger partial charge in [0.25, 0.3) is 5.56 Å². The first kappa shape index (κ1) is 11.3. The summed E-state index contributed by atoms with van der Waals surface area (Å²) in [4.78, 5) is 34.2. The number of hydrogen-bond acceptors (Lipinski definition) is 4. The fraction of sp³-hybridized carbons (Fsp3) is 0.0833. The van der Waals surface area contributed by atoms with Crippen molar-refractivity contribution in [1.29, 1.82) is 0 Å². The Bertz CT molecular complexity index is 839. The van der Waals surface area contributed by atoms with E-state index in [2.05, 4.69) is 15.0 Å². The Hall–Kier alpha value is -2.83. The molecular weight excluding hydrogens is 246 g/mol. The predicted molar refractivity (Wildman–Crippen MR) is 66.2 cm³/mol. The van der Waals surface area contributed by atoms with Crippen LogP contribution in [0.3, 0.4) is 0 Å². The minimum Gasteiger partial charge on any atom is -0.369 e. The van der Waals surface area contributed by atoms with Crippen LogP contribution in [-0.2, 0) is 6.54 Å². The number of amides is 2. The average molecular weight is 255 g/mol. The molecule has 1 aromatic carbocycles. The summed E-state index contributed by atoms with van der Waals surface area (Å²) in [6.45, 7) is 0.273. The van der Waals surface area contributed by atoms with Crippen LogP contribution in [0.2, 0.25) is 0 Å². The molecular formula is C12H9N5O2. The minimum atomic E-state index is -0.725. The van der Waals surface area contributed by atoms with Gasteiger partial charge in [-0.15, -0.1) is 0 Å². The molecule has 19 heavy (non-hydrogen) atoms. The zero-order chi connectivity index (χ0) is 13.4. The number of fused-ring (bicyclic) bond motifs is 1. The van der Waals surface area contributed by atoms with E-state index in [0.29, 0.717) is 0 Å². The summed E-state index contributed by atoms with van der Waals surface area (Å²) in [6, 6.07) is 8.61. The van der Waals surface area contributed by atoms with Crippen molar-refractivity contribution in [3.05, 3.63) is 57.1 Å². The number of carbonyl (C=O) groups excluding carboxylic acids is 1. The second-order valence-corrected chi connectivity index (χ2v) is 4.03. The third-order valence-corrected chi connectivity index (χ3v) is 2.75. The van der Waals surface area contributed by atoms with Gasteiger partial charge in [0.05, 0.1) is 6.54 Å². The standard InChI is InChI=1S/C12H9N5O2/c13-11-15-9-8(14-12(19)16-9)10(18)17(11)6-7-4-2-1-3-5-7/h1-5H,6H2,(H2,13,15,16,19). The van der Waals surface area contributed by atoms with Gasteiger partial charge in [0, 0.05) is 0 Å². The summed E-state index contributed by atoms with van der Waals surface area (Å²) >= 11 is 0. The number of nitrogens with zero attached hydrogens (tertiary/aromatic N) is 4. The summed E-state index contributed by atoms with van der Waals surface area (Å²) in [6.07, 6.45) is 0. The maximum Gasteiger partial charge on any atom is 0.370 e. The van der Waals surface area contributed by atoms with Crippen molar-refractivity contribution in [3.8, 4) is 0 Å². The van der Waals surface area contributed by atoms with Crippen molar-refractivity contribution < 1.29 is 4.79 Å². The highest BCUT2D eigenvalue weighted by Gasteiger charge is 2.14. The number of hydrogen-bond donors (Lipinski definition) is 1. The Morgan fingerprint density at radius 1 is 1.11 bits per heavy atom. The predicted octanol–water partition coefficient (Wildman–Crippen LogP) is -0.753. The van der Waals surface area contributed by atoms with E-state index in [1.807, 2.05) is 30.3 Å². The molecule has 0 bridgehead atoms. The Morgan fingerprint density at radius 2 is 1.84 bits per heavy atom. The van der Waals surface area contributed by atoms with Crippen LogP contribution >= 0.6 is 0 Å². The number of aromatic nitrogens is 2. The molecule has 0 spiro atoms. The molecule has 0 aliphatic carbocycles. The van der Waals surface area contributed by atoms with E-state index >= 15 is 0 Å². The molecule has 7 heteroatoms. The van der Waals surface area contributed by atoms with Crippen LogP contribution in [0.15, 0.2) is 45.1 Å². The molecule has 0 atom stereocenters. The van der Waals surface area contributed by atoms with E-state index in [0.717, 1.165) is 5.56 Å². The summed E-state index contributed by atoms with van der Waals surface area (Å²) < 4.78 is 1.27. The monoisotopic (exact) mass is 255 g/mol. The fourth-order valence-electron chi connectivity index (χ4n) is 1.86. The summed E-state index contributed by atoms with van der Waals surface area (Å²) in [5.41, 5.74) is 6.17. The van der Waals surface area contributed by atoms with Gasteiger partial charge in [-0.25, -0.2) is 4.79 Å². The maximum absolute atomic E-state index is 12.2. The third kappa shape index (κ3) is 1.90. The van der Waals surface area contributed by atoms with E-state index in [1.165, 1.54) is 4.57 Å². The Balaban J connectivity index is 2.18. The maximum atomic E-state index is 12.2. The largest absolute Gasteiger partial charge is 0.370 e. The third-order valence-electron chi connectivity index (χ3n) is 2.75. The zero-order valence-corrected chi connectivity index (χ0v) is 9.78. The van der Waals surface area contributed by atoms with Crippen molar-refractivity contribution in [1.82, 2.24) is 9.55 Å². The first-order valence-electron chi connectivity index (χ1n) is 5.57. The highest BCUT2D eigenvalue weighted by molar-refractivity contribution is 5.77. The normalized spacial score (nSPS) is 12.7. The molecule has 0 radical (unpaired) electrons. The lowest BCUT2D eigenvalue weighted by molar-refractivity contribution is 0.256. The minimum absolute atomic E-state index is 0.00295. The first-order chi connectivity index (χ1) is 9.15. The topological polar surface area (TPSA) is 103 Å². The number of carbonyl (C=O) groups is 1. The fourth-order valence-corrected chi connectivity index (χ4v) is 1.86. The molecule has 2 amide bonds. The van der Waals surface area contributed by atoms with E-state index in [1.54, 1.807) is 0 Å². The Labute approximate surface area is 106 Å². The van der Waals surface area contributed by atoms with Crippen LogP contribution in [0.4, 0.5) is 10.7 Å². The van der Waals surface area contributed by atoms with E-state index in [-0.39, 0.29) is 23.3 Å². The van der Waals surface area contributed by atoms with Crippen LogP contribution in [0.25, 0.3) is 0 Å². The molecule has 2 N–H and O–H groups in total. The van der Waals surface area contributed by atoms with Gasteiger partial charge < -0.3 is 5.73 Å². The van der Waals surface area contributed by atoms with E-state index in [9.17, 15) is 9.59 Å². The lowest BCUT2D eigenvalue weighted by atomic mass is 10.2. The number of urea groups is 1. The zero-order valence-electron chi connectivity index (χ0n) is 9.78. The van der Waals surface area contributed by atoms with Crippen LogP contribution in [0.5, 0.6) is 0 Å². The van der Waals surface area contributed by atoms with Crippen LogP contribution < -0.4 is 22.1 Å². The van der Waals surface area contributed by atoms with Gasteiger partial charge in [-0.1, -0.05) is 30.3 Å². The number of nitrogen functional groups attached to an aromatic ring is 1. The Kier molecular flexibility index (Phi) is 2.45. The molecule has 1 aromatic heterocycles. The van der Waals surface area contributed by atoms with Gasteiger partial charge in [0.15, 0.2) is 10.8 Å². The molecule has 7 nitrogen and oxygen atoms in total. The van der Waals surface area contributed by atoms with Gasteiger partial charge >= 0.3 is 6.03 Å². The molecule has 3 rings (SSSR count). The second-order valence-electron chi connectivity index (χ2n) is 4.03. The van der Waals surface area contributed by atoms with Gasteiger partial charge in [-0.2, -0.15) is 15.0 Å². The van der Waals surface area contributed by atoms with Crippen molar-refractivity contribution in [3.63, 3.8) is 0 Å². The van der Waals surface area contributed by atoms with Gasteiger partial charge in [-0.05, 0) is 5.56 Å².